The van der Waals surface area contributed by atoms with Crippen molar-refractivity contribution in [2.45, 2.75) is 20.0 Å². The van der Waals surface area contributed by atoms with Crippen LogP contribution in [0.4, 0.5) is 0 Å². The van der Waals surface area contributed by atoms with Gasteiger partial charge in [0.15, 0.2) is 0 Å². The van der Waals surface area contributed by atoms with Crippen molar-refractivity contribution in [3.63, 3.8) is 0 Å². The molecule has 6 nitrogen and oxygen atoms in total. The fraction of sp³-hybridized carbons (Fsp3) is 0.214. The molecule has 0 aliphatic rings. The third-order valence-electron chi connectivity index (χ3n) is 3.07. The van der Waals surface area contributed by atoms with E-state index < -0.39 is 0 Å². The number of benzene rings is 1. The molecule has 0 fully saturated rings. The number of thiazole rings is 1. The van der Waals surface area contributed by atoms with Crippen molar-refractivity contribution in [2.24, 2.45) is 0 Å². The molecule has 0 spiro atoms. The number of nitrogens with zero attached hydrogens (tertiary/aromatic N) is 2. The molecule has 21 heavy (non-hydrogen) atoms. The first-order valence-corrected chi connectivity index (χ1v) is 7.39. The zero-order chi connectivity index (χ0) is 14.7. The summed E-state index contributed by atoms with van der Waals surface area (Å²) in [5, 5.41) is 10.4. The van der Waals surface area contributed by atoms with Crippen LogP contribution in [0.2, 0.25) is 0 Å². The van der Waals surface area contributed by atoms with Crippen LogP contribution in [0.15, 0.2) is 35.3 Å². The Morgan fingerprint density at radius 2 is 2.14 bits per heavy atom. The SMILES string of the molecule is Cc1ccccc1-c1ncc(CNCc2n[nH]c(=O)[nH]2)s1. The average molecular weight is 301 g/mol. The summed E-state index contributed by atoms with van der Waals surface area (Å²) in [5.74, 6) is 0.601. The van der Waals surface area contributed by atoms with Crippen LogP contribution in [0.5, 0.6) is 0 Å². The van der Waals surface area contributed by atoms with Gasteiger partial charge in [-0.3, -0.25) is 4.98 Å². The Kier molecular flexibility index (Phi) is 3.94. The molecule has 0 saturated carbocycles. The summed E-state index contributed by atoms with van der Waals surface area (Å²) in [4.78, 5) is 19.1. The molecule has 0 radical (unpaired) electrons. The molecule has 0 aliphatic heterocycles. The number of nitrogens with one attached hydrogen (secondary N) is 3. The Labute approximate surface area is 125 Å². The third kappa shape index (κ3) is 3.26. The molecule has 2 aromatic heterocycles. The smallest absolute Gasteiger partial charge is 0.305 e. The van der Waals surface area contributed by atoms with Crippen LogP contribution < -0.4 is 11.0 Å². The molecule has 3 rings (SSSR count). The molecule has 108 valence electrons. The summed E-state index contributed by atoms with van der Waals surface area (Å²) in [6.45, 7) is 3.29. The van der Waals surface area contributed by atoms with Crippen LogP contribution in [-0.2, 0) is 13.1 Å². The van der Waals surface area contributed by atoms with Gasteiger partial charge in [0.05, 0.1) is 6.54 Å². The molecular formula is C14H15N5OS. The van der Waals surface area contributed by atoms with Crippen LogP contribution in [0.3, 0.4) is 0 Å². The summed E-state index contributed by atoms with van der Waals surface area (Å²) >= 11 is 1.67. The first-order valence-electron chi connectivity index (χ1n) is 6.57. The standard InChI is InChI=1S/C14H15N5OS/c1-9-4-2-3-5-11(9)13-16-7-10(21-13)6-15-8-12-17-14(20)19-18-12/h2-5,7,15H,6,8H2,1H3,(H2,17,18,19,20). The summed E-state index contributed by atoms with van der Waals surface area (Å²) in [6, 6.07) is 8.22. The van der Waals surface area contributed by atoms with Gasteiger partial charge in [0.25, 0.3) is 0 Å². The molecule has 3 N–H and O–H groups in total. The molecule has 3 aromatic rings. The molecule has 2 heterocycles. The van der Waals surface area contributed by atoms with Crippen molar-refractivity contribution in [3.05, 3.63) is 57.2 Å². The van der Waals surface area contributed by atoms with E-state index in [1.807, 2.05) is 18.3 Å². The van der Waals surface area contributed by atoms with E-state index in [1.54, 1.807) is 11.3 Å². The summed E-state index contributed by atoms with van der Waals surface area (Å²) < 4.78 is 0. The molecular weight excluding hydrogens is 286 g/mol. The third-order valence-corrected chi connectivity index (χ3v) is 4.10. The highest BCUT2D eigenvalue weighted by molar-refractivity contribution is 7.15. The first kappa shape index (κ1) is 13.7. The highest BCUT2D eigenvalue weighted by Gasteiger charge is 2.07. The maximum Gasteiger partial charge on any atom is 0.340 e. The van der Waals surface area contributed by atoms with Crippen LogP contribution in [0, 0.1) is 6.92 Å². The number of aryl methyl sites for hydroxylation is 1. The molecule has 0 amide bonds. The van der Waals surface area contributed by atoms with Crippen molar-refractivity contribution >= 4 is 11.3 Å². The molecule has 0 unspecified atom stereocenters. The van der Waals surface area contributed by atoms with Crippen molar-refractivity contribution in [1.29, 1.82) is 0 Å². The van der Waals surface area contributed by atoms with E-state index in [9.17, 15) is 4.79 Å². The zero-order valence-electron chi connectivity index (χ0n) is 11.5. The lowest BCUT2D eigenvalue weighted by Crippen LogP contribution is -2.13. The number of hydrogen-bond acceptors (Lipinski definition) is 5. The number of hydrogen-bond donors (Lipinski definition) is 3. The quantitative estimate of drug-likeness (QED) is 0.671. The van der Waals surface area contributed by atoms with E-state index in [0.717, 1.165) is 9.88 Å². The predicted molar refractivity (Wildman–Crippen MR) is 82.0 cm³/mol. The minimum atomic E-state index is -0.286. The van der Waals surface area contributed by atoms with E-state index in [4.69, 9.17) is 0 Å². The second-order valence-corrected chi connectivity index (χ2v) is 5.79. The lowest BCUT2D eigenvalue weighted by Gasteiger charge is -2.00. The molecule has 0 aliphatic carbocycles. The lowest BCUT2D eigenvalue weighted by atomic mass is 10.1. The molecule has 1 aromatic carbocycles. The average Bonchev–Trinajstić information content (AvgIpc) is 3.09. The normalized spacial score (nSPS) is 10.9. The van der Waals surface area contributed by atoms with Gasteiger partial charge in [0.1, 0.15) is 10.8 Å². The highest BCUT2D eigenvalue weighted by atomic mass is 32.1. The summed E-state index contributed by atoms with van der Waals surface area (Å²) in [7, 11) is 0. The van der Waals surface area contributed by atoms with Gasteiger partial charge in [0, 0.05) is 23.2 Å². The van der Waals surface area contributed by atoms with Crippen LogP contribution in [0.25, 0.3) is 10.6 Å². The predicted octanol–water partition coefficient (Wildman–Crippen LogP) is 1.82. The minimum absolute atomic E-state index is 0.286. The van der Waals surface area contributed by atoms with E-state index in [2.05, 4.69) is 44.5 Å². The topological polar surface area (TPSA) is 86.5 Å². The van der Waals surface area contributed by atoms with Crippen molar-refractivity contribution < 1.29 is 0 Å². The number of rotatable bonds is 5. The number of aromatic amines is 2. The van der Waals surface area contributed by atoms with Gasteiger partial charge in [0.2, 0.25) is 0 Å². The monoisotopic (exact) mass is 301 g/mol. The van der Waals surface area contributed by atoms with Crippen LogP contribution >= 0.6 is 11.3 Å². The maximum atomic E-state index is 10.9. The Morgan fingerprint density at radius 1 is 1.29 bits per heavy atom. The Hall–Kier alpha value is -2.25. The Bertz CT molecular complexity index is 788. The maximum absolute atomic E-state index is 10.9. The second-order valence-electron chi connectivity index (χ2n) is 4.67. The van der Waals surface area contributed by atoms with Gasteiger partial charge in [-0.25, -0.2) is 14.9 Å². The molecule has 0 bridgehead atoms. The fourth-order valence-corrected chi connectivity index (χ4v) is 2.99. The van der Waals surface area contributed by atoms with Gasteiger partial charge in [-0.05, 0) is 12.5 Å². The van der Waals surface area contributed by atoms with Crippen molar-refractivity contribution in [3.8, 4) is 10.6 Å². The van der Waals surface area contributed by atoms with Gasteiger partial charge < -0.3 is 5.32 Å². The molecule has 0 saturated heterocycles. The lowest BCUT2D eigenvalue weighted by molar-refractivity contribution is 0.670. The Balaban J connectivity index is 1.63. The highest BCUT2D eigenvalue weighted by Crippen LogP contribution is 2.27. The van der Waals surface area contributed by atoms with Crippen molar-refractivity contribution in [1.82, 2.24) is 25.5 Å². The number of H-pyrrole nitrogens is 2. The van der Waals surface area contributed by atoms with Gasteiger partial charge in [-0.15, -0.1) is 11.3 Å². The van der Waals surface area contributed by atoms with E-state index in [0.29, 0.717) is 18.9 Å². The van der Waals surface area contributed by atoms with Crippen LogP contribution in [0.1, 0.15) is 16.3 Å². The Morgan fingerprint density at radius 3 is 2.90 bits per heavy atom. The first-order chi connectivity index (χ1) is 10.2. The van der Waals surface area contributed by atoms with Crippen molar-refractivity contribution in [2.75, 3.05) is 0 Å². The molecule has 7 heteroatoms. The van der Waals surface area contributed by atoms with Crippen LogP contribution in [-0.4, -0.2) is 20.2 Å². The molecule has 0 atom stereocenters. The minimum Gasteiger partial charge on any atom is -0.305 e. The van der Waals surface area contributed by atoms with E-state index in [-0.39, 0.29) is 5.69 Å². The second kappa shape index (κ2) is 6.02. The van der Waals surface area contributed by atoms with Gasteiger partial charge in [-0.1, -0.05) is 24.3 Å². The number of aromatic nitrogens is 4. The van der Waals surface area contributed by atoms with Gasteiger partial charge in [-0.2, -0.15) is 5.10 Å². The fourth-order valence-electron chi connectivity index (χ4n) is 2.02. The van der Waals surface area contributed by atoms with Gasteiger partial charge >= 0.3 is 5.69 Å². The zero-order valence-corrected chi connectivity index (χ0v) is 12.3. The summed E-state index contributed by atoms with van der Waals surface area (Å²) in [5.41, 5.74) is 2.11. The van der Waals surface area contributed by atoms with E-state index >= 15 is 0 Å². The summed E-state index contributed by atoms with van der Waals surface area (Å²) in [6.07, 6.45) is 1.88. The van der Waals surface area contributed by atoms with E-state index in [1.165, 1.54) is 11.1 Å². The largest absolute Gasteiger partial charge is 0.340 e.